The zero-order valence-corrected chi connectivity index (χ0v) is 12.5. The average molecular weight is 347 g/mol. The summed E-state index contributed by atoms with van der Waals surface area (Å²) in [5, 5.41) is 10.8. The topological polar surface area (TPSA) is 105 Å². The molecule has 0 bridgehead atoms. The summed E-state index contributed by atoms with van der Waals surface area (Å²) >= 11 is 3.11. The first kappa shape index (κ1) is 16.4. The molecule has 0 aliphatic carbocycles. The van der Waals surface area contributed by atoms with E-state index < -0.39 is 16.9 Å². The summed E-state index contributed by atoms with van der Waals surface area (Å²) in [7, 11) is 0. The molecular weight excluding hydrogens is 332 g/mol. The Labute approximate surface area is 124 Å². The molecule has 1 aromatic carbocycles. The number of rotatable bonds is 7. The van der Waals surface area contributed by atoms with E-state index >= 15 is 0 Å². The summed E-state index contributed by atoms with van der Waals surface area (Å²) in [6.07, 6.45) is 0.258. The highest BCUT2D eigenvalue weighted by Gasteiger charge is 2.17. The summed E-state index contributed by atoms with van der Waals surface area (Å²) in [5.74, 6) is -0.163. The molecule has 7 nitrogen and oxygen atoms in total. The molecule has 0 amide bonds. The minimum Gasteiger partial charge on any atom is -0.492 e. The van der Waals surface area contributed by atoms with E-state index in [0.29, 0.717) is 5.75 Å². The summed E-state index contributed by atoms with van der Waals surface area (Å²) in [6, 6.07) is 3.70. The van der Waals surface area contributed by atoms with E-state index in [1.54, 1.807) is 13.0 Å². The molecule has 8 heteroatoms. The Morgan fingerprint density at radius 1 is 1.55 bits per heavy atom. The molecule has 0 aromatic heterocycles. The van der Waals surface area contributed by atoms with Gasteiger partial charge in [-0.25, -0.2) is 0 Å². The molecule has 0 saturated heterocycles. The van der Waals surface area contributed by atoms with Crippen LogP contribution >= 0.6 is 15.9 Å². The number of nitro groups is 1. The van der Waals surface area contributed by atoms with Gasteiger partial charge in [0.25, 0.3) is 5.69 Å². The van der Waals surface area contributed by atoms with Gasteiger partial charge < -0.3 is 15.2 Å². The number of hydrogen-bond acceptors (Lipinski definition) is 6. The van der Waals surface area contributed by atoms with E-state index in [1.807, 2.05) is 0 Å². The third-order valence-corrected chi connectivity index (χ3v) is 3.21. The number of benzene rings is 1. The van der Waals surface area contributed by atoms with Crippen molar-refractivity contribution < 1.29 is 19.2 Å². The number of carbonyl (C=O) groups is 1. The van der Waals surface area contributed by atoms with Crippen LogP contribution in [0.4, 0.5) is 5.69 Å². The predicted octanol–water partition coefficient (Wildman–Crippen LogP) is 2.02. The van der Waals surface area contributed by atoms with E-state index in [-0.39, 0.29) is 29.8 Å². The molecule has 0 fully saturated rings. The lowest BCUT2D eigenvalue weighted by atomic mass is 10.2. The van der Waals surface area contributed by atoms with Gasteiger partial charge in [-0.05, 0) is 28.9 Å². The lowest BCUT2D eigenvalue weighted by molar-refractivity contribution is -0.385. The Hall–Kier alpha value is -1.67. The normalized spacial score (nSPS) is 11.8. The second kappa shape index (κ2) is 7.81. The van der Waals surface area contributed by atoms with Gasteiger partial charge in [-0.2, -0.15) is 0 Å². The highest BCUT2D eigenvalue weighted by molar-refractivity contribution is 9.10. The molecule has 0 radical (unpaired) electrons. The monoisotopic (exact) mass is 346 g/mol. The summed E-state index contributed by atoms with van der Waals surface area (Å²) in [4.78, 5) is 21.5. The maximum absolute atomic E-state index is 11.3. The highest BCUT2D eigenvalue weighted by atomic mass is 79.9. The first-order valence-electron chi connectivity index (χ1n) is 5.95. The second-order valence-corrected chi connectivity index (χ2v) is 4.64. The van der Waals surface area contributed by atoms with E-state index in [2.05, 4.69) is 15.9 Å². The Morgan fingerprint density at radius 2 is 2.25 bits per heavy atom. The van der Waals surface area contributed by atoms with Crippen molar-refractivity contribution in [2.75, 3.05) is 13.2 Å². The van der Waals surface area contributed by atoms with Gasteiger partial charge in [-0.1, -0.05) is 6.07 Å². The third-order valence-electron chi connectivity index (χ3n) is 2.42. The number of halogens is 1. The van der Waals surface area contributed by atoms with Gasteiger partial charge in [0.2, 0.25) is 0 Å². The zero-order chi connectivity index (χ0) is 15.1. The fourth-order valence-corrected chi connectivity index (χ4v) is 1.94. The van der Waals surface area contributed by atoms with Crippen LogP contribution in [0.15, 0.2) is 22.7 Å². The van der Waals surface area contributed by atoms with Crippen molar-refractivity contribution in [2.45, 2.75) is 19.4 Å². The van der Waals surface area contributed by atoms with Crippen molar-refractivity contribution >= 4 is 27.6 Å². The van der Waals surface area contributed by atoms with Crippen molar-refractivity contribution in [1.82, 2.24) is 0 Å². The van der Waals surface area contributed by atoms with Gasteiger partial charge in [-0.15, -0.1) is 0 Å². The van der Waals surface area contributed by atoms with Crippen LogP contribution in [0.3, 0.4) is 0 Å². The number of hydrogen-bond donors (Lipinski definition) is 1. The van der Waals surface area contributed by atoms with Crippen LogP contribution in [0.25, 0.3) is 0 Å². The van der Waals surface area contributed by atoms with Gasteiger partial charge in [0.15, 0.2) is 0 Å². The van der Waals surface area contributed by atoms with Crippen LogP contribution in [0.2, 0.25) is 0 Å². The van der Waals surface area contributed by atoms with E-state index in [0.717, 1.165) is 0 Å². The molecule has 0 spiro atoms. The first-order valence-corrected chi connectivity index (χ1v) is 6.74. The number of ether oxygens (including phenoxy) is 2. The Balaban J connectivity index is 2.56. The largest absolute Gasteiger partial charge is 0.492 e. The second-order valence-electron chi connectivity index (χ2n) is 3.84. The average Bonchev–Trinajstić information content (AvgIpc) is 2.40. The van der Waals surface area contributed by atoms with E-state index in [9.17, 15) is 14.9 Å². The summed E-state index contributed by atoms with van der Waals surface area (Å²) < 4.78 is 10.4. The maximum Gasteiger partial charge on any atom is 0.323 e. The molecule has 1 atom stereocenters. The molecule has 20 heavy (non-hydrogen) atoms. The molecule has 2 N–H and O–H groups in total. The SMILES string of the molecule is CCOC(=O)C(N)CCOc1cccc([N+](=O)[O-])c1Br. The lowest BCUT2D eigenvalue weighted by Gasteiger charge is -2.12. The summed E-state index contributed by atoms with van der Waals surface area (Å²) in [6.45, 7) is 2.12. The van der Waals surface area contributed by atoms with Gasteiger partial charge in [0, 0.05) is 12.5 Å². The van der Waals surface area contributed by atoms with Crippen LogP contribution in [0, 0.1) is 10.1 Å². The van der Waals surface area contributed by atoms with Crippen molar-refractivity contribution in [3.8, 4) is 5.75 Å². The third kappa shape index (κ3) is 4.46. The van der Waals surface area contributed by atoms with Crippen LogP contribution < -0.4 is 10.5 Å². The minimum atomic E-state index is -0.771. The van der Waals surface area contributed by atoms with Gasteiger partial charge >= 0.3 is 5.97 Å². The Morgan fingerprint density at radius 3 is 2.85 bits per heavy atom. The van der Waals surface area contributed by atoms with Crippen LogP contribution in [-0.2, 0) is 9.53 Å². The lowest BCUT2D eigenvalue weighted by Crippen LogP contribution is -2.33. The fourth-order valence-electron chi connectivity index (χ4n) is 1.41. The Kier molecular flexibility index (Phi) is 6.40. The number of nitrogens with two attached hydrogens (primary N) is 1. The quantitative estimate of drug-likeness (QED) is 0.460. The standard InChI is InChI=1S/C12H15BrN2O5/c1-2-19-12(16)8(14)6-7-20-10-5-3-4-9(11(10)13)15(17)18/h3-5,8H,2,6-7,14H2,1H3. The molecule has 110 valence electrons. The van der Waals surface area contributed by atoms with Crippen molar-refractivity contribution in [2.24, 2.45) is 5.73 Å². The predicted molar refractivity (Wildman–Crippen MR) is 75.5 cm³/mol. The number of nitrogens with zero attached hydrogens (tertiary/aromatic N) is 1. The molecule has 1 unspecified atom stereocenters. The van der Waals surface area contributed by atoms with Crippen molar-refractivity contribution in [3.05, 3.63) is 32.8 Å². The van der Waals surface area contributed by atoms with Crippen LogP contribution in [-0.4, -0.2) is 30.1 Å². The molecule has 1 aromatic rings. The number of carbonyl (C=O) groups excluding carboxylic acids is 1. The molecule has 0 saturated carbocycles. The van der Waals surface area contributed by atoms with Gasteiger partial charge in [0.05, 0.1) is 18.1 Å². The zero-order valence-electron chi connectivity index (χ0n) is 10.9. The Bertz CT molecular complexity index is 495. The van der Waals surface area contributed by atoms with Crippen LogP contribution in [0.5, 0.6) is 5.75 Å². The highest BCUT2D eigenvalue weighted by Crippen LogP contribution is 2.33. The fraction of sp³-hybridized carbons (Fsp3) is 0.417. The molecular formula is C12H15BrN2O5. The maximum atomic E-state index is 11.3. The van der Waals surface area contributed by atoms with Crippen molar-refractivity contribution in [1.29, 1.82) is 0 Å². The van der Waals surface area contributed by atoms with E-state index in [4.69, 9.17) is 15.2 Å². The van der Waals surface area contributed by atoms with Gasteiger partial charge in [0.1, 0.15) is 16.3 Å². The first-order chi connectivity index (χ1) is 9.47. The van der Waals surface area contributed by atoms with E-state index in [1.165, 1.54) is 12.1 Å². The van der Waals surface area contributed by atoms with Gasteiger partial charge in [-0.3, -0.25) is 14.9 Å². The van der Waals surface area contributed by atoms with Crippen molar-refractivity contribution in [3.63, 3.8) is 0 Å². The minimum absolute atomic E-state index is 0.0859. The molecule has 1 rings (SSSR count). The molecule has 0 aliphatic heterocycles. The number of nitro benzene ring substituents is 1. The molecule has 0 aliphatic rings. The van der Waals surface area contributed by atoms with Crippen LogP contribution in [0.1, 0.15) is 13.3 Å². The number of esters is 1. The smallest absolute Gasteiger partial charge is 0.323 e. The molecule has 0 heterocycles. The summed E-state index contributed by atoms with van der Waals surface area (Å²) in [5.41, 5.74) is 5.52.